The Morgan fingerprint density at radius 3 is 2.67 bits per heavy atom. The van der Waals surface area contributed by atoms with Crippen molar-refractivity contribution >= 4 is 21.7 Å². The number of aromatic nitrogens is 3. The van der Waals surface area contributed by atoms with Crippen molar-refractivity contribution in [3.63, 3.8) is 0 Å². The van der Waals surface area contributed by atoms with E-state index in [1.807, 2.05) is 0 Å². The number of benzene rings is 1. The molecule has 1 aliphatic carbocycles. The first-order valence-electron chi connectivity index (χ1n) is 5.44. The topological polar surface area (TPSA) is 56.7 Å². The Kier molecular flexibility index (Phi) is 2.58. The van der Waals surface area contributed by atoms with Crippen LogP contribution in [0.3, 0.4) is 0 Å². The summed E-state index contributed by atoms with van der Waals surface area (Å²) >= 11 is 3.14. The maximum Gasteiger partial charge on any atom is 0.169 e. The molecule has 1 fully saturated rings. The van der Waals surface area contributed by atoms with Crippen LogP contribution in [-0.4, -0.2) is 15.0 Å². The Bertz CT molecular complexity index is 598. The molecule has 1 saturated carbocycles. The Hall–Kier alpha value is -1.50. The number of rotatable bonds is 2. The van der Waals surface area contributed by atoms with Crippen LogP contribution in [0.1, 0.15) is 24.5 Å². The molecule has 2 aromatic rings. The first-order chi connectivity index (χ1) is 8.58. The fourth-order valence-corrected chi connectivity index (χ4v) is 2.52. The Morgan fingerprint density at radius 2 is 2.06 bits per heavy atom. The van der Waals surface area contributed by atoms with Gasteiger partial charge in [-0.25, -0.2) is 13.5 Å². The predicted molar refractivity (Wildman–Crippen MR) is 65.4 cm³/mol. The SMILES string of the molecule is Nc1nnn(-c2c(F)cc(F)cc2Br)c1C1CC1. The van der Waals surface area contributed by atoms with E-state index in [2.05, 4.69) is 26.2 Å². The van der Waals surface area contributed by atoms with E-state index in [-0.39, 0.29) is 16.1 Å². The molecule has 2 N–H and O–H groups in total. The van der Waals surface area contributed by atoms with Crippen LogP contribution in [0, 0.1) is 11.6 Å². The summed E-state index contributed by atoms with van der Waals surface area (Å²) in [5, 5.41) is 7.62. The molecule has 0 atom stereocenters. The summed E-state index contributed by atoms with van der Waals surface area (Å²) in [7, 11) is 0. The zero-order valence-corrected chi connectivity index (χ0v) is 10.8. The minimum absolute atomic E-state index is 0.141. The summed E-state index contributed by atoms with van der Waals surface area (Å²) in [6.45, 7) is 0. The van der Waals surface area contributed by atoms with Gasteiger partial charge in [-0.2, -0.15) is 0 Å². The lowest BCUT2D eigenvalue weighted by atomic mass is 10.2. The molecule has 0 bridgehead atoms. The van der Waals surface area contributed by atoms with Crippen molar-refractivity contribution in [3.8, 4) is 5.69 Å². The maximum atomic E-state index is 13.9. The third-order valence-corrected chi connectivity index (χ3v) is 3.49. The highest BCUT2D eigenvalue weighted by molar-refractivity contribution is 9.10. The van der Waals surface area contributed by atoms with E-state index in [0.29, 0.717) is 11.5 Å². The van der Waals surface area contributed by atoms with Gasteiger partial charge in [-0.1, -0.05) is 5.21 Å². The van der Waals surface area contributed by atoms with Crippen molar-refractivity contribution in [2.45, 2.75) is 18.8 Å². The molecular weight excluding hydrogens is 306 g/mol. The monoisotopic (exact) mass is 314 g/mol. The molecule has 1 heterocycles. The summed E-state index contributed by atoms with van der Waals surface area (Å²) in [6, 6.07) is 2.00. The average molecular weight is 315 g/mol. The highest BCUT2D eigenvalue weighted by atomic mass is 79.9. The number of nitrogens with zero attached hydrogens (tertiary/aromatic N) is 3. The van der Waals surface area contributed by atoms with Gasteiger partial charge in [0.05, 0.1) is 5.69 Å². The van der Waals surface area contributed by atoms with Gasteiger partial charge in [-0.05, 0) is 34.8 Å². The second-order valence-electron chi connectivity index (χ2n) is 4.26. The van der Waals surface area contributed by atoms with Crippen LogP contribution in [0.4, 0.5) is 14.6 Å². The van der Waals surface area contributed by atoms with Gasteiger partial charge in [0.25, 0.3) is 0 Å². The number of anilines is 1. The zero-order chi connectivity index (χ0) is 12.9. The number of nitrogens with two attached hydrogens (primary N) is 1. The molecule has 1 aromatic carbocycles. The number of hydrogen-bond acceptors (Lipinski definition) is 3. The molecule has 1 aromatic heterocycles. The normalized spacial score (nSPS) is 15.1. The van der Waals surface area contributed by atoms with Gasteiger partial charge in [0, 0.05) is 16.5 Å². The first kappa shape index (κ1) is 11.6. The second-order valence-corrected chi connectivity index (χ2v) is 5.12. The van der Waals surface area contributed by atoms with Gasteiger partial charge in [0.1, 0.15) is 11.5 Å². The van der Waals surface area contributed by atoms with Crippen LogP contribution in [0.25, 0.3) is 5.69 Å². The van der Waals surface area contributed by atoms with Crippen molar-refractivity contribution in [2.24, 2.45) is 0 Å². The summed E-state index contributed by atoms with van der Waals surface area (Å²) in [5.41, 5.74) is 6.58. The van der Waals surface area contributed by atoms with Crippen LogP contribution in [0.5, 0.6) is 0 Å². The maximum absolute atomic E-state index is 13.9. The largest absolute Gasteiger partial charge is 0.381 e. The summed E-state index contributed by atoms with van der Waals surface area (Å²) in [5.74, 6) is -0.790. The van der Waals surface area contributed by atoms with Gasteiger partial charge in [-0.15, -0.1) is 5.10 Å². The molecule has 0 unspecified atom stereocenters. The molecule has 0 amide bonds. The predicted octanol–water partition coefficient (Wildman–Crippen LogP) is 2.77. The lowest BCUT2D eigenvalue weighted by Gasteiger charge is -2.09. The molecular formula is C11H9BrF2N4. The van der Waals surface area contributed by atoms with Crippen LogP contribution in [0.15, 0.2) is 16.6 Å². The third-order valence-electron chi connectivity index (χ3n) is 2.89. The van der Waals surface area contributed by atoms with Crippen molar-refractivity contribution in [2.75, 3.05) is 5.73 Å². The van der Waals surface area contributed by atoms with Gasteiger partial charge < -0.3 is 5.73 Å². The van der Waals surface area contributed by atoms with Gasteiger partial charge in [0.2, 0.25) is 0 Å². The minimum atomic E-state index is -0.700. The summed E-state index contributed by atoms with van der Waals surface area (Å²) < 4.78 is 28.6. The molecule has 0 radical (unpaired) electrons. The standard InChI is InChI=1S/C11H9BrF2N4/c12-7-3-6(13)4-8(14)10(7)18-9(5-1-2-5)11(15)16-17-18/h3-5H,1-2,15H2. The van der Waals surface area contributed by atoms with Crippen LogP contribution in [-0.2, 0) is 0 Å². The minimum Gasteiger partial charge on any atom is -0.381 e. The van der Waals surface area contributed by atoms with Crippen molar-refractivity contribution < 1.29 is 8.78 Å². The van der Waals surface area contributed by atoms with E-state index in [0.717, 1.165) is 18.9 Å². The highest BCUT2D eigenvalue weighted by Gasteiger charge is 2.32. The van der Waals surface area contributed by atoms with Gasteiger partial charge in [0.15, 0.2) is 11.6 Å². The molecule has 3 rings (SSSR count). The van der Waals surface area contributed by atoms with Gasteiger partial charge in [-0.3, -0.25) is 0 Å². The van der Waals surface area contributed by atoms with E-state index >= 15 is 0 Å². The van der Waals surface area contributed by atoms with Crippen molar-refractivity contribution in [3.05, 3.63) is 33.9 Å². The lowest BCUT2D eigenvalue weighted by molar-refractivity contribution is 0.567. The smallest absolute Gasteiger partial charge is 0.169 e. The molecule has 0 aliphatic heterocycles. The molecule has 4 nitrogen and oxygen atoms in total. The van der Waals surface area contributed by atoms with Crippen molar-refractivity contribution in [1.82, 2.24) is 15.0 Å². The Labute approximate surface area is 110 Å². The van der Waals surface area contributed by atoms with E-state index in [1.54, 1.807) is 0 Å². The number of nitrogen functional groups attached to an aromatic ring is 1. The third kappa shape index (κ3) is 1.78. The number of hydrogen-bond donors (Lipinski definition) is 1. The lowest BCUT2D eigenvalue weighted by Crippen LogP contribution is -2.06. The van der Waals surface area contributed by atoms with Crippen LogP contribution < -0.4 is 5.73 Å². The van der Waals surface area contributed by atoms with E-state index in [4.69, 9.17) is 5.73 Å². The first-order valence-corrected chi connectivity index (χ1v) is 6.23. The fraction of sp³-hybridized carbons (Fsp3) is 0.273. The Morgan fingerprint density at radius 1 is 1.33 bits per heavy atom. The highest BCUT2D eigenvalue weighted by Crippen LogP contribution is 2.43. The molecule has 18 heavy (non-hydrogen) atoms. The Balaban J connectivity index is 2.21. The number of halogens is 3. The summed E-state index contributed by atoms with van der Waals surface area (Å²) in [4.78, 5) is 0. The van der Waals surface area contributed by atoms with Gasteiger partial charge >= 0.3 is 0 Å². The quantitative estimate of drug-likeness (QED) is 0.927. The zero-order valence-electron chi connectivity index (χ0n) is 9.20. The van der Waals surface area contributed by atoms with Crippen LogP contribution in [0.2, 0.25) is 0 Å². The van der Waals surface area contributed by atoms with E-state index in [9.17, 15) is 8.78 Å². The van der Waals surface area contributed by atoms with Crippen LogP contribution >= 0.6 is 15.9 Å². The van der Waals surface area contributed by atoms with E-state index in [1.165, 1.54) is 10.7 Å². The second kappa shape index (κ2) is 4.01. The molecule has 0 spiro atoms. The van der Waals surface area contributed by atoms with Crippen molar-refractivity contribution in [1.29, 1.82) is 0 Å². The molecule has 0 saturated heterocycles. The molecule has 7 heteroatoms. The average Bonchev–Trinajstić information content (AvgIpc) is 3.03. The summed E-state index contributed by atoms with van der Waals surface area (Å²) in [6.07, 6.45) is 1.97. The molecule has 1 aliphatic rings. The fourth-order valence-electron chi connectivity index (χ4n) is 1.94. The molecule has 94 valence electrons. The van der Waals surface area contributed by atoms with E-state index < -0.39 is 11.6 Å².